The van der Waals surface area contributed by atoms with Gasteiger partial charge in [-0.05, 0) is 34.4 Å². The maximum absolute atomic E-state index is 14.3. The molecule has 0 saturated carbocycles. The lowest BCUT2D eigenvalue weighted by molar-refractivity contribution is -0.129. The van der Waals surface area contributed by atoms with Crippen LogP contribution in [-0.2, 0) is 21.4 Å². The van der Waals surface area contributed by atoms with Gasteiger partial charge in [0.1, 0.15) is 11.5 Å². The molecule has 170 valence electrons. The molecule has 1 atom stereocenters. The monoisotopic (exact) mass is 468 g/mol. The van der Waals surface area contributed by atoms with Crippen molar-refractivity contribution in [2.75, 3.05) is 0 Å². The van der Waals surface area contributed by atoms with Gasteiger partial charge in [0, 0.05) is 11.4 Å². The van der Waals surface area contributed by atoms with Crippen LogP contribution >= 0.6 is 11.6 Å². The van der Waals surface area contributed by atoms with Crippen molar-refractivity contribution < 1.29 is 9.59 Å². The number of halogens is 1. The molecule has 0 bridgehead atoms. The number of nitrogens with one attached hydrogen (secondary N) is 1. The van der Waals surface area contributed by atoms with Crippen LogP contribution in [0.2, 0.25) is 5.02 Å². The highest BCUT2D eigenvalue weighted by Gasteiger charge is 2.44. The van der Waals surface area contributed by atoms with Crippen LogP contribution in [0.25, 0.3) is 0 Å². The molecule has 4 rings (SSSR count). The van der Waals surface area contributed by atoms with E-state index in [0.717, 1.165) is 22.3 Å². The lowest BCUT2D eigenvalue weighted by Crippen LogP contribution is -2.54. The number of benzene rings is 4. The number of carbonyl (C=O) groups excluding carboxylic acids is 2. The Hall–Kier alpha value is -3.89. The van der Waals surface area contributed by atoms with Crippen molar-refractivity contribution >= 4 is 23.4 Å². The summed E-state index contributed by atoms with van der Waals surface area (Å²) in [4.78, 5) is 26.7. The zero-order valence-electron chi connectivity index (χ0n) is 18.5. The van der Waals surface area contributed by atoms with E-state index < -0.39 is 17.4 Å². The molecule has 0 aromatic heterocycles. The molecule has 2 amide bonds. The first-order valence-corrected chi connectivity index (χ1v) is 11.4. The van der Waals surface area contributed by atoms with Crippen LogP contribution < -0.4 is 11.1 Å². The summed E-state index contributed by atoms with van der Waals surface area (Å²) < 4.78 is 0. The van der Waals surface area contributed by atoms with Crippen LogP contribution in [0.5, 0.6) is 0 Å². The third-order valence-corrected chi connectivity index (χ3v) is 6.17. The van der Waals surface area contributed by atoms with Crippen LogP contribution in [0.15, 0.2) is 115 Å². The van der Waals surface area contributed by atoms with Gasteiger partial charge in [-0.25, -0.2) is 0 Å². The number of carbonyl (C=O) groups is 2. The SMILES string of the molecule is NC(=O)[C@H](Cc1cccc(Cl)c1)NC(=O)C(c1ccccc1)(c1ccccc1)c1ccccc1. The molecule has 0 radical (unpaired) electrons. The van der Waals surface area contributed by atoms with E-state index in [0.29, 0.717) is 5.02 Å². The van der Waals surface area contributed by atoms with Gasteiger partial charge in [0.05, 0.1) is 0 Å². The number of rotatable bonds is 8. The maximum atomic E-state index is 14.3. The van der Waals surface area contributed by atoms with Gasteiger partial charge in [-0.2, -0.15) is 0 Å². The predicted octanol–water partition coefficient (Wildman–Crippen LogP) is 4.89. The molecule has 0 spiro atoms. The smallest absolute Gasteiger partial charge is 0.240 e. The Bertz CT molecular complexity index is 1160. The summed E-state index contributed by atoms with van der Waals surface area (Å²) in [6.07, 6.45) is 0.232. The first-order chi connectivity index (χ1) is 16.5. The summed E-state index contributed by atoms with van der Waals surface area (Å²) in [5.74, 6) is -0.946. The van der Waals surface area contributed by atoms with Gasteiger partial charge < -0.3 is 11.1 Å². The Balaban J connectivity index is 1.84. The summed E-state index contributed by atoms with van der Waals surface area (Å²) in [5, 5.41) is 3.52. The summed E-state index contributed by atoms with van der Waals surface area (Å²) in [6.45, 7) is 0. The third-order valence-electron chi connectivity index (χ3n) is 5.94. The fourth-order valence-electron chi connectivity index (χ4n) is 4.35. The molecule has 0 aliphatic rings. The Labute approximate surface area is 204 Å². The number of hydrogen-bond acceptors (Lipinski definition) is 2. The molecule has 0 fully saturated rings. The first-order valence-electron chi connectivity index (χ1n) is 11.0. The zero-order chi connectivity index (χ0) is 24.0. The summed E-state index contributed by atoms with van der Waals surface area (Å²) in [5.41, 5.74) is 7.73. The van der Waals surface area contributed by atoms with E-state index in [4.69, 9.17) is 17.3 Å². The fourth-order valence-corrected chi connectivity index (χ4v) is 4.56. The average molecular weight is 469 g/mol. The minimum atomic E-state index is -1.19. The molecule has 0 saturated heterocycles. The Morgan fingerprint density at radius 2 is 1.21 bits per heavy atom. The minimum absolute atomic E-state index is 0.232. The number of amides is 2. The van der Waals surface area contributed by atoms with E-state index in [1.54, 1.807) is 18.2 Å². The van der Waals surface area contributed by atoms with Gasteiger partial charge in [0.15, 0.2) is 0 Å². The summed E-state index contributed by atoms with van der Waals surface area (Å²) >= 11 is 6.12. The molecule has 0 aliphatic heterocycles. The normalized spacial score (nSPS) is 12.0. The Morgan fingerprint density at radius 3 is 1.62 bits per heavy atom. The van der Waals surface area contributed by atoms with Crippen molar-refractivity contribution in [1.29, 1.82) is 0 Å². The molecule has 0 aliphatic carbocycles. The molecule has 4 aromatic rings. The molecule has 3 N–H and O–H groups in total. The van der Waals surface area contributed by atoms with Crippen LogP contribution in [0.3, 0.4) is 0 Å². The molecular weight excluding hydrogens is 444 g/mol. The minimum Gasteiger partial charge on any atom is -0.368 e. The van der Waals surface area contributed by atoms with E-state index in [9.17, 15) is 9.59 Å². The first kappa shape index (κ1) is 23.3. The van der Waals surface area contributed by atoms with Crippen molar-refractivity contribution in [2.24, 2.45) is 5.73 Å². The number of hydrogen-bond donors (Lipinski definition) is 2. The van der Waals surface area contributed by atoms with E-state index >= 15 is 0 Å². The van der Waals surface area contributed by atoms with Crippen molar-refractivity contribution in [3.8, 4) is 0 Å². The second-order valence-corrected chi connectivity index (χ2v) is 8.55. The molecule has 5 heteroatoms. The molecule has 0 unspecified atom stereocenters. The topological polar surface area (TPSA) is 72.2 Å². The highest BCUT2D eigenvalue weighted by molar-refractivity contribution is 6.30. The van der Waals surface area contributed by atoms with Crippen LogP contribution in [0.1, 0.15) is 22.3 Å². The molecule has 34 heavy (non-hydrogen) atoms. The average Bonchev–Trinajstić information content (AvgIpc) is 2.86. The molecular formula is C29H25ClN2O2. The Kier molecular flexibility index (Phi) is 7.09. The van der Waals surface area contributed by atoms with Crippen molar-refractivity contribution in [3.05, 3.63) is 143 Å². The standard InChI is InChI=1S/C29H25ClN2O2/c30-25-18-10-11-21(19-25)20-26(27(31)33)32-28(34)29(22-12-4-1-5-13-22,23-14-6-2-7-15-23)24-16-8-3-9-17-24/h1-19,26H,20H2,(H2,31,33)(H,32,34)/t26-/m0/s1. The van der Waals surface area contributed by atoms with Gasteiger partial charge in [-0.3, -0.25) is 9.59 Å². The highest BCUT2D eigenvalue weighted by Crippen LogP contribution is 2.39. The fraction of sp³-hybridized carbons (Fsp3) is 0.103. The Morgan fingerprint density at radius 1 is 0.735 bits per heavy atom. The molecule has 4 aromatic carbocycles. The van der Waals surface area contributed by atoms with Gasteiger partial charge in [-0.1, -0.05) is 115 Å². The van der Waals surface area contributed by atoms with Gasteiger partial charge >= 0.3 is 0 Å². The van der Waals surface area contributed by atoms with Gasteiger partial charge in [-0.15, -0.1) is 0 Å². The predicted molar refractivity (Wildman–Crippen MR) is 135 cm³/mol. The summed E-state index contributed by atoms with van der Waals surface area (Å²) in [7, 11) is 0. The van der Waals surface area contributed by atoms with E-state index in [1.807, 2.05) is 97.1 Å². The number of nitrogens with two attached hydrogens (primary N) is 1. The van der Waals surface area contributed by atoms with Gasteiger partial charge in [0.25, 0.3) is 0 Å². The van der Waals surface area contributed by atoms with Crippen molar-refractivity contribution in [1.82, 2.24) is 5.32 Å². The molecule has 4 nitrogen and oxygen atoms in total. The second kappa shape index (κ2) is 10.4. The van der Waals surface area contributed by atoms with E-state index in [2.05, 4.69) is 5.32 Å². The largest absolute Gasteiger partial charge is 0.368 e. The maximum Gasteiger partial charge on any atom is 0.240 e. The quantitative estimate of drug-likeness (QED) is 0.361. The van der Waals surface area contributed by atoms with E-state index in [1.165, 1.54) is 0 Å². The summed E-state index contributed by atoms with van der Waals surface area (Å²) in [6, 6.07) is 35.0. The lowest BCUT2D eigenvalue weighted by Gasteiger charge is -2.35. The highest BCUT2D eigenvalue weighted by atomic mass is 35.5. The van der Waals surface area contributed by atoms with Crippen molar-refractivity contribution in [2.45, 2.75) is 17.9 Å². The third kappa shape index (κ3) is 4.73. The van der Waals surface area contributed by atoms with Crippen LogP contribution in [0.4, 0.5) is 0 Å². The van der Waals surface area contributed by atoms with Gasteiger partial charge in [0.2, 0.25) is 11.8 Å². The van der Waals surface area contributed by atoms with E-state index in [-0.39, 0.29) is 12.3 Å². The number of primary amides is 1. The van der Waals surface area contributed by atoms with Crippen molar-refractivity contribution in [3.63, 3.8) is 0 Å². The second-order valence-electron chi connectivity index (χ2n) is 8.11. The van der Waals surface area contributed by atoms with Crippen LogP contribution in [0, 0.1) is 0 Å². The van der Waals surface area contributed by atoms with Crippen LogP contribution in [-0.4, -0.2) is 17.9 Å². The lowest BCUT2D eigenvalue weighted by atomic mass is 9.68. The molecule has 0 heterocycles. The zero-order valence-corrected chi connectivity index (χ0v) is 19.3.